The molecule has 146 valence electrons. The van der Waals surface area contributed by atoms with Crippen molar-refractivity contribution in [1.82, 2.24) is 0 Å². The van der Waals surface area contributed by atoms with Crippen LogP contribution in [0, 0.1) is 0 Å². The Kier molecular flexibility index (Phi) is 16.7. The molecule has 0 fully saturated rings. The van der Waals surface area contributed by atoms with Crippen molar-refractivity contribution < 1.29 is 9.53 Å². The summed E-state index contributed by atoms with van der Waals surface area (Å²) < 4.78 is 6.13. The lowest BCUT2D eigenvalue weighted by atomic mass is 10.0. The number of hydrogen-bond acceptors (Lipinski definition) is 2. The monoisotopic (exact) mass is 358 g/mol. The molecule has 0 saturated heterocycles. The summed E-state index contributed by atoms with van der Waals surface area (Å²) in [5.74, 6) is 0. The molecule has 0 rings (SSSR count). The molecule has 0 aromatic rings. The van der Waals surface area contributed by atoms with Gasteiger partial charge in [-0.2, -0.15) is 0 Å². The average Bonchev–Trinajstić information content (AvgIpc) is 2.54. The number of aliphatic hydroxyl groups is 1. The van der Waals surface area contributed by atoms with E-state index in [-0.39, 0.29) is 0 Å². The van der Waals surface area contributed by atoms with Gasteiger partial charge >= 0.3 is 0 Å². The predicted octanol–water partition coefficient (Wildman–Crippen LogP) is 7.07. The van der Waals surface area contributed by atoms with Crippen molar-refractivity contribution in [2.45, 2.75) is 122 Å². The molecule has 0 amide bonds. The molecule has 0 aliphatic rings. The first-order valence-electron chi connectivity index (χ1n) is 10.8. The first-order chi connectivity index (χ1) is 11.5. The SMILES string of the molecule is CC(C)[Si](C)(C)OCCCCCCCCCCCCCCCCO. The van der Waals surface area contributed by atoms with E-state index in [0.29, 0.717) is 6.61 Å². The highest BCUT2D eigenvalue weighted by molar-refractivity contribution is 6.72. The maximum Gasteiger partial charge on any atom is 0.189 e. The Bertz CT molecular complexity index is 254. The van der Waals surface area contributed by atoms with Gasteiger partial charge in [0.15, 0.2) is 8.32 Å². The second kappa shape index (κ2) is 16.6. The van der Waals surface area contributed by atoms with Gasteiger partial charge in [0.2, 0.25) is 0 Å². The third-order valence-corrected chi connectivity index (χ3v) is 9.15. The van der Waals surface area contributed by atoms with Gasteiger partial charge < -0.3 is 9.53 Å². The molecule has 0 atom stereocenters. The van der Waals surface area contributed by atoms with E-state index in [4.69, 9.17) is 9.53 Å². The van der Waals surface area contributed by atoms with Crippen molar-refractivity contribution in [2.24, 2.45) is 0 Å². The van der Waals surface area contributed by atoms with Crippen LogP contribution in [0.4, 0.5) is 0 Å². The lowest BCUT2D eigenvalue weighted by molar-refractivity contribution is 0.282. The number of aliphatic hydroxyl groups excluding tert-OH is 1. The van der Waals surface area contributed by atoms with Gasteiger partial charge in [-0.3, -0.25) is 0 Å². The van der Waals surface area contributed by atoms with Crippen molar-refractivity contribution in [3.63, 3.8) is 0 Å². The van der Waals surface area contributed by atoms with Crippen molar-refractivity contribution in [2.75, 3.05) is 13.2 Å². The largest absolute Gasteiger partial charge is 0.417 e. The zero-order valence-electron chi connectivity index (χ0n) is 17.2. The third-order valence-electron chi connectivity index (χ3n) is 5.42. The summed E-state index contributed by atoms with van der Waals surface area (Å²) in [5.41, 5.74) is 0.720. The highest BCUT2D eigenvalue weighted by Crippen LogP contribution is 2.21. The first kappa shape index (κ1) is 24.1. The van der Waals surface area contributed by atoms with E-state index >= 15 is 0 Å². The lowest BCUT2D eigenvalue weighted by Gasteiger charge is -2.26. The molecule has 0 spiro atoms. The van der Waals surface area contributed by atoms with Gasteiger partial charge in [0.05, 0.1) is 0 Å². The molecule has 1 N–H and O–H groups in total. The number of rotatable bonds is 18. The molecule has 0 aromatic heterocycles. The smallest absolute Gasteiger partial charge is 0.189 e. The summed E-state index contributed by atoms with van der Waals surface area (Å²) in [5, 5.41) is 8.72. The second-order valence-corrected chi connectivity index (χ2v) is 12.9. The van der Waals surface area contributed by atoms with E-state index in [9.17, 15) is 0 Å². The Morgan fingerprint density at radius 2 is 0.958 bits per heavy atom. The van der Waals surface area contributed by atoms with Gasteiger partial charge in [-0.15, -0.1) is 0 Å². The lowest BCUT2D eigenvalue weighted by Crippen LogP contribution is -2.34. The van der Waals surface area contributed by atoms with Gasteiger partial charge in [0.1, 0.15) is 0 Å². The van der Waals surface area contributed by atoms with E-state index in [1.807, 2.05) is 0 Å². The van der Waals surface area contributed by atoms with E-state index in [1.54, 1.807) is 0 Å². The maximum atomic E-state index is 8.72. The van der Waals surface area contributed by atoms with Crippen LogP contribution in [0.25, 0.3) is 0 Å². The van der Waals surface area contributed by atoms with Crippen molar-refractivity contribution >= 4 is 8.32 Å². The molecular weight excluding hydrogens is 312 g/mol. The average molecular weight is 359 g/mol. The summed E-state index contributed by atoms with van der Waals surface area (Å²) >= 11 is 0. The maximum absolute atomic E-state index is 8.72. The highest BCUT2D eigenvalue weighted by atomic mass is 28.4. The summed E-state index contributed by atoms with van der Waals surface area (Å²) in [4.78, 5) is 0. The Balaban J connectivity index is 3.13. The van der Waals surface area contributed by atoms with Crippen LogP contribution in [0.2, 0.25) is 18.6 Å². The zero-order valence-corrected chi connectivity index (χ0v) is 18.2. The molecule has 2 nitrogen and oxygen atoms in total. The fourth-order valence-electron chi connectivity index (χ4n) is 2.84. The molecular formula is C21H46O2Si. The Morgan fingerprint density at radius 3 is 1.29 bits per heavy atom. The highest BCUT2D eigenvalue weighted by Gasteiger charge is 2.26. The summed E-state index contributed by atoms with van der Waals surface area (Å²) in [7, 11) is -1.40. The van der Waals surface area contributed by atoms with Gasteiger partial charge in [0.25, 0.3) is 0 Å². The predicted molar refractivity (Wildman–Crippen MR) is 110 cm³/mol. The zero-order chi connectivity index (χ0) is 18.1. The quantitative estimate of drug-likeness (QED) is 0.210. The standard InChI is InChI=1S/C21H46O2Si/c1-21(2)24(3,4)23-20-18-16-14-12-10-8-6-5-7-9-11-13-15-17-19-22/h21-22H,5-20H2,1-4H3. The van der Waals surface area contributed by atoms with E-state index < -0.39 is 8.32 Å². The molecule has 0 aliphatic heterocycles. The minimum atomic E-state index is -1.40. The molecule has 0 saturated carbocycles. The number of unbranched alkanes of at least 4 members (excludes halogenated alkanes) is 13. The van der Waals surface area contributed by atoms with Crippen LogP contribution in [-0.4, -0.2) is 26.6 Å². The van der Waals surface area contributed by atoms with E-state index in [2.05, 4.69) is 26.9 Å². The summed E-state index contributed by atoms with van der Waals surface area (Å²) in [6.45, 7) is 10.6. The molecule has 0 bridgehead atoms. The minimum Gasteiger partial charge on any atom is -0.417 e. The fraction of sp³-hybridized carbons (Fsp3) is 1.00. The van der Waals surface area contributed by atoms with Crippen LogP contribution >= 0.6 is 0 Å². The van der Waals surface area contributed by atoms with E-state index in [1.165, 1.54) is 83.5 Å². The van der Waals surface area contributed by atoms with Gasteiger partial charge in [0, 0.05) is 13.2 Å². The third kappa shape index (κ3) is 15.7. The normalized spacial score (nSPS) is 12.2. The van der Waals surface area contributed by atoms with Crippen molar-refractivity contribution in [3.8, 4) is 0 Å². The Hall–Kier alpha value is 0.137. The molecule has 0 radical (unpaired) electrons. The van der Waals surface area contributed by atoms with Crippen molar-refractivity contribution in [1.29, 1.82) is 0 Å². The Labute approximate surface area is 153 Å². The Morgan fingerprint density at radius 1 is 0.625 bits per heavy atom. The van der Waals surface area contributed by atoms with Crippen LogP contribution in [0.15, 0.2) is 0 Å². The molecule has 0 aliphatic carbocycles. The molecule has 0 unspecified atom stereocenters. The van der Waals surface area contributed by atoms with Gasteiger partial charge in [-0.05, 0) is 31.5 Å². The molecule has 3 heteroatoms. The fourth-order valence-corrected chi connectivity index (χ4v) is 3.84. The summed E-state index contributed by atoms with van der Waals surface area (Å²) in [6, 6.07) is 0. The minimum absolute atomic E-state index is 0.366. The molecule has 24 heavy (non-hydrogen) atoms. The van der Waals surface area contributed by atoms with Crippen LogP contribution in [0.3, 0.4) is 0 Å². The number of hydrogen-bond donors (Lipinski definition) is 1. The van der Waals surface area contributed by atoms with Crippen LogP contribution in [0.1, 0.15) is 104 Å². The van der Waals surface area contributed by atoms with Crippen LogP contribution in [0.5, 0.6) is 0 Å². The summed E-state index contributed by atoms with van der Waals surface area (Å²) in [6.07, 6.45) is 18.7. The molecule has 0 aromatic carbocycles. The van der Waals surface area contributed by atoms with Crippen LogP contribution in [-0.2, 0) is 4.43 Å². The van der Waals surface area contributed by atoms with Gasteiger partial charge in [-0.1, -0.05) is 90.9 Å². The van der Waals surface area contributed by atoms with Crippen LogP contribution < -0.4 is 0 Å². The first-order valence-corrected chi connectivity index (χ1v) is 13.7. The van der Waals surface area contributed by atoms with Crippen molar-refractivity contribution in [3.05, 3.63) is 0 Å². The van der Waals surface area contributed by atoms with Gasteiger partial charge in [-0.25, -0.2) is 0 Å². The van der Waals surface area contributed by atoms with E-state index in [0.717, 1.165) is 18.6 Å². The topological polar surface area (TPSA) is 29.5 Å². The molecule has 0 heterocycles. The second-order valence-electron chi connectivity index (χ2n) is 8.28.